The lowest BCUT2D eigenvalue weighted by Gasteiger charge is -2.10. The molecule has 2 rings (SSSR count). The fourth-order valence-electron chi connectivity index (χ4n) is 1.90. The zero-order chi connectivity index (χ0) is 15.5. The number of carbonyl (C=O) groups excluding carboxylic acids is 1. The summed E-state index contributed by atoms with van der Waals surface area (Å²) in [6.07, 6.45) is 2.04. The van der Waals surface area contributed by atoms with Crippen LogP contribution in [0.3, 0.4) is 0 Å². The third-order valence-electron chi connectivity index (χ3n) is 3.31. The molecule has 1 saturated carbocycles. The Kier molecular flexibility index (Phi) is 4.87. The van der Waals surface area contributed by atoms with Gasteiger partial charge in [0.2, 0.25) is 11.8 Å². The van der Waals surface area contributed by atoms with E-state index in [9.17, 15) is 9.59 Å². The Morgan fingerprint density at radius 2 is 2.14 bits per heavy atom. The SMILES string of the molecule is CC(C)c1nnc(NC(=O)CSCC2(CC(=O)O)CC2)o1. The molecule has 0 bridgehead atoms. The highest BCUT2D eigenvalue weighted by Crippen LogP contribution is 2.50. The maximum absolute atomic E-state index is 11.7. The largest absolute Gasteiger partial charge is 0.481 e. The molecule has 0 saturated heterocycles. The van der Waals surface area contributed by atoms with Crippen molar-refractivity contribution in [3.8, 4) is 0 Å². The average molecular weight is 313 g/mol. The third-order valence-corrected chi connectivity index (χ3v) is 4.59. The summed E-state index contributed by atoms with van der Waals surface area (Å²) in [6, 6.07) is 0.107. The van der Waals surface area contributed by atoms with E-state index in [2.05, 4.69) is 15.5 Å². The van der Waals surface area contributed by atoms with E-state index in [0.717, 1.165) is 12.8 Å². The lowest BCUT2D eigenvalue weighted by atomic mass is 10.1. The molecule has 7 nitrogen and oxygen atoms in total. The first kappa shape index (κ1) is 15.8. The monoisotopic (exact) mass is 313 g/mol. The summed E-state index contributed by atoms with van der Waals surface area (Å²) in [7, 11) is 0. The zero-order valence-electron chi connectivity index (χ0n) is 12.1. The normalized spacial score (nSPS) is 16.0. The third kappa shape index (κ3) is 4.73. The molecule has 1 heterocycles. The fraction of sp³-hybridized carbons (Fsp3) is 0.692. The lowest BCUT2D eigenvalue weighted by molar-refractivity contribution is -0.138. The van der Waals surface area contributed by atoms with E-state index in [0.29, 0.717) is 11.6 Å². The number of nitrogens with zero attached hydrogens (tertiary/aromatic N) is 2. The van der Waals surface area contributed by atoms with E-state index in [1.807, 2.05) is 13.8 Å². The molecular formula is C13H19N3O4S. The Labute approximate surface area is 126 Å². The van der Waals surface area contributed by atoms with E-state index in [1.54, 1.807) is 0 Å². The number of thioether (sulfide) groups is 1. The van der Waals surface area contributed by atoms with Crippen LogP contribution in [-0.4, -0.2) is 38.7 Å². The van der Waals surface area contributed by atoms with Crippen LogP contribution in [0.25, 0.3) is 0 Å². The number of aromatic nitrogens is 2. The second kappa shape index (κ2) is 6.46. The van der Waals surface area contributed by atoms with Gasteiger partial charge in [-0.15, -0.1) is 5.10 Å². The smallest absolute Gasteiger partial charge is 0.322 e. The maximum atomic E-state index is 11.7. The number of carboxylic acids is 1. The van der Waals surface area contributed by atoms with Crippen molar-refractivity contribution in [3.63, 3.8) is 0 Å². The average Bonchev–Trinajstić information content (AvgIpc) is 2.96. The van der Waals surface area contributed by atoms with Crippen LogP contribution in [0.15, 0.2) is 4.42 Å². The Morgan fingerprint density at radius 1 is 1.43 bits per heavy atom. The number of rotatable bonds is 8. The summed E-state index contributed by atoms with van der Waals surface area (Å²) in [5.41, 5.74) is -0.105. The topological polar surface area (TPSA) is 105 Å². The Bertz CT molecular complexity index is 525. The van der Waals surface area contributed by atoms with E-state index in [1.165, 1.54) is 11.8 Å². The molecule has 0 spiro atoms. The molecule has 0 aliphatic heterocycles. The molecule has 1 aromatic heterocycles. The van der Waals surface area contributed by atoms with Crippen molar-refractivity contribution in [1.82, 2.24) is 10.2 Å². The number of hydrogen-bond donors (Lipinski definition) is 2. The molecule has 21 heavy (non-hydrogen) atoms. The highest BCUT2D eigenvalue weighted by molar-refractivity contribution is 8.00. The van der Waals surface area contributed by atoms with Crippen molar-refractivity contribution < 1.29 is 19.1 Å². The van der Waals surface area contributed by atoms with Crippen LogP contribution in [0.4, 0.5) is 6.01 Å². The van der Waals surface area contributed by atoms with Crippen molar-refractivity contribution in [2.45, 2.75) is 39.0 Å². The van der Waals surface area contributed by atoms with Crippen LogP contribution in [0.1, 0.15) is 44.9 Å². The second-order valence-electron chi connectivity index (χ2n) is 5.71. The molecule has 1 aromatic rings. The van der Waals surface area contributed by atoms with Gasteiger partial charge in [0, 0.05) is 5.92 Å². The molecule has 8 heteroatoms. The molecule has 1 aliphatic rings. The molecule has 0 aromatic carbocycles. The highest BCUT2D eigenvalue weighted by Gasteiger charge is 2.44. The number of carbonyl (C=O) groups is 2. The standard InChI is InChI=1S/C13H19N3O4S/c1-8(2)11-15-16-12(20-11)14-9(17)6-21-7-13(3-4-13)5-10(18)19/h8H,3-7H2,1-2H3,(H,18,19)(H,14,16,17). The molecule has 1 fully saturated rings. The van der Waals surface area contributed by atoms with Gasteiger partial charge in [-0.05, 0) is 24.0 Å². The first-order valence-corrected chi connectivity index (χ1v) is 7.98. The van der Waals surface area contributed by atoms with E-state index < -0.39 is 5.97 Å². The van der Waals surface area contributed by atoms with Crippen LogP contribution in [-0.2, 0) is 9.59 Å². The molecular weight excluding hydrogens is 294 g/mol. The highest BCUT2D eigenvalue weighted by atomic mass is 32.2. The van der Waals surface area contributed by atoms with Gasteiger partial charge in [0.05, 0.1) is 12.2 Å². The van der Waals surface area contributed by atoms with E-state index in [4.69, 9.17) is 9.52 Å². The number of carboxylic acid groups (broad SMARTS) is 1. The number of amides is 1. The van der Waals surface area contributed by atoms with Crippen LogP contribution >= 0.6 is 11.8 Å². The van der Waals surface area contributed by atoms with Crippen LogP contribution in [0.5, 0.6) is 0 Å². The number of anilines is 1. The minimum atomic E-state index is -0.773. The minimum Gasteiger partial charge on any atom is -0.481 e. The maximum Gasteiger partial charge on any atom is 0.322 e. The Hall–Kier alpha value is -1.57. The molecule has 1 amide bonds. The molecule has 0 atom stereocenters. The van der Waals surface area contributed by atoms with Gasteiger partial charge in [-0.3, -0.25) is 14.9 Å². The van der Waals surface area contributed by atoms with Gasteiger partial charge < -0.3 is 9.52 Å². The molecule has 1 aliphatic carbocycles. The van der Waals surface area contributed by atoms with Gasteiger partial charge in [0.15, 0.2) is 0 Å². The van der Waals surface area contributed by atoms with Gasteiger partial charge in [-0.1, -0.05) is 18.9 Å². The summed E-state index contributed by atoms with van der Waals surface area (Å²) in [5.74, 6) is 0.545. The summed E-state index contributed by atoms with van der Waals surface area (Å²) in [6.45, 7) is 3.85. The fourth-order valence-corrected chi connectivity index (χ4v) is 3.09. The van der Waals surface area contributed by atoms with E-state index in [-0.39, 0.29) is 35.4 Å². The van der Waals surface area contributed by atoms with Crippen LogP contribution < -0.4 is 5.32 Å². The van der Waals surface area contributed by atoms with Gasteiger partial charge in [0.25, 0.3) is 0 Å². The number of nitrogens with one attached hydrogen (secondary N) is 1. The summed E-state index contributed by atoms with van der Waals surface area (Å²) >= 11 is 1.44. The van der Waals surface area contributed by atoms with E-state index >= 15 is 0 Å². The predicted molar refractivity (Wildman–Crippen MR) is 78.3 cm³/mol. The molecule has 116 valence electrons. The van der Waals surface area contributed by atoms with Gasteiger partial charge >= 0.3 is 12.0 Å². The van der Waals surface area contributed by atoms with Crippen molar-refractivity contribution in [3.05, 3.63) is 5.89 Å². The molecule has 0 unspecified atom stereocenters. The van der Waals surface area contributed by atoms with Crippen LogP contribution in [0, 0.1) is 5.41 Å². The quantitative estimate of drug-likeness (QED) is 0.757. The molecule has 0 radical (unpaired) electrons. The summed E-state index contributed by atoms with van der Waals surface area (Å²) in [5, 5.41) is 18.9. The second-order valence-corrected chi connectivity index (χ2v) is 6.70. The minimum absolute atomic E-state index is 0.105. The number of hydrogen-bond acceptors (Lipinski definition) is 6. The predicted octanol–water partition coefficient (Wildman–Crippen LogP) is 2.12. The first-order chi connectivity index (χ1) is 9.90. The summed E-state index contributed by atoms with van der Waals surface area (Å²) in [4.78, 5) is 22.5. The lowest BCUT2D eigenvalue weighted by Crippen LogP contribution is -2.17. The first-order valence-electron chi connectivity index (χ1n) is 6.83. The number of aliphatic carboxylic acids is 1. The van der Waals surface area contributed by atoms with Gasteiger partial charge in [-0.2, -0.15) is 11.8 Å². The zero-order valence-corrected chi connectivity index (χ0v) is 12.9. The Balaban J connectivity index is 1.71. The molecule has 2 N–H and O–H groups in total. The van der Waals surface area contributed by atoms with Gasteiger partial charge in [0.1, 0.15) is 0 Å². The van der Waals surface area contributed by atoms with Crippen molar-refractivity contribution in [2.75, 3.05) is 16.8 Å². The van der Waals surface area contributed by atoms with Crippen LogP contribution in [0.2, 0.25) is 0 Å². The van der Waals surface area contributed by atoms with Gasteiger partial charge in [-0.25, -0.2) is 0 Å². The van der Waals surface area contributed by atoms with Crippen molar-refractivity contribution in [2.24, 2.45) is 5.41 Å². The van der Waals surface area contributed by atoms with Crippen molar-refractivity contribution in [1.29, 1.82) is 0 Å². The Morgan fingerprint density at radius 3 is 2.67 bits per heavy atom. The summed E-state index contributed by atoms with van der Waals surface area (Å²) < 4.78 is 5.29. The van der Waals surface area contributed by atoms with Crippen molar-refractivity contribution >= 4 is 29.7 Å².